The van der Waals surface area contributed by atoms with Gasteiger partial charge in [0.25, 0.3) is 0 Å². The third kappa shape index (κ3) is 6.38. The fourth-order valence-corrected chi connectivity index (χ4v) is 4.13. The van der Waals surface area contributed by atoms with Gasteiger partial charge in [-0.2, -0.15) is 0 Å². The number of rotatable bonds is 7. The summed E-state index contributed by atoms with van der Waals surface area (Å²) in [6.07, 6.45) is 4.73. The minimum atomic E-state index is -0.365. The van der Waals surface area contributed by atoms with Crippen LogP contribution in [0.3, 0.4) is 0 Å². The van der Waals surface area contributed by atoms with E-state index < -0.39 is 0 Å². The number of para-hydroxylation sites is 1. The van der Waals surface area contributed by atoms with Gasteiger partial charge in [0, 0.05) is 30.7 Å². The third-order valence-electron chi connectivity index (χ3n) is 5.52. The van der Waals surface area contributed by atoms with Crippen molar-refractivity contribution in [1.29, 1.82) is 0 Å². The summed E-state index contributed by atoms with van der Waals surface area (Å²) in [4.78, 5) is 21.4. The molecule has 2 N–H and O–H groups in total. The molecule has 1 atom stereocenters. The lowest BCUT2D eigenvalue weighted by molar-refractivity contribution is -0.117. The van der Waals surface area contributed by atoms with E-state index in [1.54, 1.807) is 12.3 Å². The predicted octanol–water partition coefficient (Wildman–Crippen LogP) is 3.38. The fourth-order valence-electron chi connectivity index (χ4n) is 3.80. The Morgan fingerprint density at radius 2 is 1.88 bits per heavy atom. The lowest BCUT2D eigenvalue weighted by atomic mass is 10.2. The van der Waals surface area contributed by atoms with E-state index in [9.17, 15) is 4.79 Å². The molecular weight excluding hydrogens is 446 g/mol. The summed E-state index contributed by atoms with van der Waals surface area (Å²) in [7, 11) is 0. The summed E-state index contributed by atoms with van der Waals surface area (Å²) in [5.41, 5.74) is 2.77. The van der Waals surface area contributed by atoms with E-state index in [1.807, 2.05) is 72.5 Å². The van der Waals surface area contributed by atoms with Gasteiger partial charge >= 0.3 is 0 Å². The molecule has 2 heterocycles. The van der Waals surface area contributed by atoms with Gasteiger partial charge in [0.05, 0.1) is 37.3 Å². The average molecular weight is 476 g/mol. The molecule has 1 aliphatic rings. The Morgan fingerprint density at radius 3 is 2.68 bits per heavy atom. The zero-order valence-corrected chi connectivity index (χ0v) is 20.0. The Bertz CT molecular complexity index is 1140. The number of morpholine rings is 1. The first kappa shape index (κ1) is 23.8. The number of amides is 1. The van der Waals surface area contributed by atoms with E-state index >= 15 is 0 Å². The van der Waals surface area contributed by atoms with E-state index in [0.29, 0.717) is 25.0 Å². The molecule has 0 saturated carbocycles. The van der Waals surface area contributed by atoms with E-state index in [2.05, 4.69) is 20.5 Å². The van der Waals surface area contributed by atoms with E-state index in [1.165, 1.54) is 6.08 Å². The van der Waals surface area contributed by atoms with Crippen molar-refractivity contribution in [2.45, 2.75) is 13.1 Å². The van der Waals surface area contributed by atoms with Crippen LogP contribution in [-0.2, 0) is 9.53 Å². The number of aromatic nitrogens is 1. The molecular formula is C26H29N5O2S. The highest BCUT2D eigenvalue weighted by Gasteiger charge is 2.21. The van der Waals surface area contributed by atoms with Gasteiger partial charge < -0.3 is 20.3 Å². The first-order valence-corrected chi connectivity index (χ1v) is 11.8. The molecule has 3 aromatic rings. The van der Waals surface area contributed by atoms with Gasteiger partial charge in [0.15, 0.2) is 5.11 Å². The van der Waals surface area contributed by atoms with E-state index in [4.69, 9.17) is 17.0 Å². The Balaban J connectivity index is 1.47. The van der Waals surface area contributed by atoms with Crippen LogP contribution < -0.4 is 15.5 Å². The van der Waals surface area contributed by atoms with Gasteiger partial charge in [-0.15, -0.1) is 0 Å². The number of anilines is 1. The van der Waals surface area contributed by atoms with Gasteiger partial charge in [-0.05, 0) is 42.9 Å². The lowest BCUT2D eigenvalue weighted by Crippen LogP contribution is -2.54. The minimum absolute atomic E-state index is 0.196. The predicted molar refractivity (Wildman–Crippen MR) is 140 cm³/mol. The zero-order chi connectivity index (χ0) is 23.8. The normalized spacial score (nSPS) is 15.2. The second-order valence-electron chi connectivity index (χ2n) is 8.08. The van der Waals surface area contributed by atoms with E-state index in [0.717, 1.165) is 35.2 Å². The van der Waals surface area contributed by atoms with Crippen LogP contribution in [0.4, 0.5) is 5.69 Å². The second kappa shape index (κ2) is 11.7. The highest BCUT2D eigenvalue weighted by atomic mass is 32.1. The molecule has 0 radical (unpaired) electrons. The van der Waals surface area contributed by atoms with Gasteiger partial charge in [-0.3, -0.25) is 14.7 Å². The summed E-state index contributed by atoms with van der Waals surface area (Å²) in [5, 5.41) is 7.76. The molecule has 1 amide bonds. The van der Waals surface area contributed by atoms with Crippen molar-refractivity contribution in [3.05, 3.63) is 78.5 Å². The van der Waals surface area contributed by atoms with Crippen molar-refractivity contribution in [1.82, 2.24) is 20.5 Å². The van der Waals surface area contributed by atoms with Crippen molar-refractivity contribution in [2.75, 3.05) is 37.9 Å². The molecule has 0 aliphatic carbocycles. The number of carbonyl (C=O) groups excluding carboxylic acids is 1. The number of pyridine rings is 1. The number of thiocarbonyl (C=S) groups is 1. The van der Waals surface area contributed by atoms with Gasteiger partial charge in [-0.25, -0.2) is 0 Å². The van der Waals surface area contributed by atoms with Crippen LogP contribution in [-0.4, -0.2) is 60.0 Å². The quantitative estimate of drug-likeness (QED) is 0.308. The maximum absolute atomic E-state index is 12.4. The number of hydrogen-bond acceptors (Lipinski definition) is 5. The zero-order valence-electron chi connectivity index (χ0n) is 19.2. The SMILES string of the molecule is CC(NC(=O)/C=C/c1ccccc1)NC(=S)N(CN1CCOCC1)c1cccc2cccnc12. The number of hydrogen-bond donors (Lipinski definition) is 2. The highest BCUT2D eigenvalue weighted by molar-refractivity contribution is 7.80. The molecule has 0 spiro atoms. The first-order chi connectivity index (χ1) is 16.6. The van der Waals surface area contributed by atoms with Crippen LogP contribution in [0.15, 0.2) is 72.9 Å². The van der Waals surface area contributed by atoms with Crippen LogP contribution in [0.1, 0.15) is 12.5 Å². The summed E-state index contributed by atoms with van der Waals surface area (Å²) in [6.45, 7) is 5.51. The first-order valence-electron chi connectivity index (χ1n) is 11.4. The van der Waals surface area contributed by atoms with Crippen LogP contribution in [0.25, 0.3) is 17.0 Å². The minimum Gasteiger partial charge on any atom is -0.379 e. The molecule has 176 valence electrons. The van der Waals surface area contributed by atoms with Gasteiger partial charge in [0.1, 0.15) is 0 Å². The molecule has 1 aromatic heterocycles. The van der Waals surface area contributed by atoms with E-state index in [-0.39, 0.29) is 12.1 Å². The van der Waals surface area contributed by atoms with Crippen molar-refractivity contribution in [3.63, 3.8) is 0 Å². The van der Waals surface area contributed by atoms with Gasteiger partial charge in [-0.1, -0.05) is 48.5 Å². The molecule has 0 bridgehead atoms. The average Bonchev–Trinajstić information content (AvgIpc) is 2.87. The standard InChI is InChI=1S/C26H29N5O2S/c1-20(28-24(32)13-12-21-7-3-2-4-8-21)29-26(34)31(19-30-15-17-33-18-16-30)23-11-5-9-22-10-6-14-27-25(22)23/h2-14,20H,15-19H2,1H3,(H,28,32)(H,29,34)/b13-12+. The molecule has 1 saturated heterocycles. The molecule has 2 aromatic carbocycles. The smallest absolute Gasteiger partial charge is 0.245 e. The topological polar surface area (TPSA) is 69.7 Å². The van der Waals surface area contributed by atoms with Crippen LogP contribution in [0.2, 0.25) is 0 Å². The van der Waals surface area contributed by atoms with Gasteiger partial charge in [0.2, 0.25) is 5.91 Å². The number of carbonyl (C=O) groups is 1. The van der Waals surface area contributed by atoms with Crippen molar-refractivity contribution < 1.29 is 9.53 Å². The fraction of sp³-hybridized carbons (Fsp3) is 0.269. The lowest BCUT2D eigenvalue weighted by Gasteiger charge is -2.35. The Morgan fingerprint density at radius 1 is 1.12 bits per heavy atom. The monoisotopic (exact) mass is 475 g/mol. The molecule has 7 nitrogen and oxygen atoms in total. The Hall–Kier alpha value is -3.33. The summed E-state index contributed by atoms with van der Waals surface area (Å²) in [6, 6.07) is 19.7. The molecule has 1 unspecified atom stereocenters. The van der Waals surface area contributed by atoms with Crippen molar-refractivity contribution in [3.8, 4) is 0 Å². The molecule has 1 aliphatic heterocycles. The molecule has 34 heavy (non-hydrogen) atoms. The highest BCUT2D eigenvalue weighted by Crippen LogP contribution is 2.25. The number of nitrogens with one attached hydrogen (secondary N) is 2. The van der Waals surface area contributed by atoms with Crippen LogP contribution in [0, 0.1) is 0 Å². The largest absolute Gasteiger partial charge is 0.379 e. The maximum atomic E-state index is 12.4. The number of ether oxygens (including phenoxy) is 1. The molecule has 1 fully saturated rings. The maximum Gasteiger partial charge on any atom is 0.245 e. The van der Waals surface area contributed by atoms with Crippen molar-refractivity contribution in [2.24, 2.45) is 0 Å². The molecule has 8 heteroatoms. The molecule has 4 rings (SSSR count). The van der Waals surface area contributed by atoms with Crippen molar-refractivity contribution >= 4 is 45.9 Å². The second-order valence-corrected chi connectivity index (χ2v) is 8.46. The third-order valence-corrected chi connectivity index (χ3v) is 5.86. The Labute approximate surface area is 205 Å². The summed E-state index contributed by atoms with van der Waals surface area (Å²) in [5.74, 6) is -0.196. The number of benzene rings is 2. The van der Waals surface area contributed by atoms with Crippen LogP contribution >= 0.6 is 12.2 Å². The Kier molecular flexibility index (Phi) is 8.19. The number of fused-ring (bicyclic) bond motifs is 1. The summed E-state index contributed by atoms with van der Waals surface area (Å²) < 4.78 is 5.51. The summed E-state index contributed by atoms with van der Waals surface area (Å²) >= 11 is 5.82. The number of nitrogens with zero attached hydrogens (tertiary/aromatic N) is 3. The van der Waals surface area contributed by atoms with Crippen LogP contribution in [0.5, 0.6) is 0 Å².